The number of nitrogens with one attached hydrogen (secondary N) is 1. The van der Waals surface area contributed by atoms with Crippen LogP contribution < -0.4 is 5.32 Å². The van der Waals surface area contributed by atoms with E-state index in [9.17, 15) is 23.1 Å². The highest BCUT2D eigenvalue weighted by molar-refractivity contribution is 7.90. The van der Waals surface area contributed by atoms with E-state index < -0.39 is 27.4 Å². The van der Waals surface area contributed by atoms with Crippen molar-refractivity contribution in [2.75, 3.05) is 12.3 Å². The minimum atomic E-state index is -3.45. The lowest BCUT2D eigenvalue weighted by Gasteiger charge is -2.31. The molecular weight excluding hydrogens is 346 g/mol. The molecule has 2 aliphatic heterocycles. The van der Waals surface area contributed by atoms with Gasteiger partial charge in [-0.1, -0.05) is 25.7 Å². The van der Waals surface area contributed by atoms with Crippen LogP contribution in [0.4, 0.5) is 0 Å². The maximum atomic E-state index is 12.6. The maximum absolute atomic E-state index is 12.6. The number of sulfonamides is 1. The highest BCUT2D eigenvalue weighted by Crippen LogP contribution is 2.28. The molecule has 0 radical (unpaired) electrons. The summed E-state index contributed by atoms with van der Waals surface area (Å²) in [6, 6.07) is 0. The molecule has 1 aliphatic carbocycles. The normalized spacial score (nSPS) is 24.4. The van der Waals surface area contributed by atoms with Crippen LogP contribution in [0, 0.1) is 0 Å². The van der Waals surface area contributed by atoms with E-state index in [4.69, 9.17) is 0 Å². The van der Waals surface area contributed by atoms with Gasteiger partial charge in [-0.2, -0.15) is 0 Å². The van der Waals surface area contributed by atoms with Gasteiger partial charge >= 0.3 is 5.97 Å². The number of carbonyl (C=O) groups is 2. The zero-order valence-electron chi connectivity index (χ0n) is 13.8. The molecule has 0 bridgehead atoms. The zero-order chi connectivity index (χ0) is 18.1. The van der Waals surface area contributed by atoms with E-state index in [2.05, 4.69) is 9.71 Å². The number of rotatable bonds is 3. The largest absolute Gasteiger partial charge is 0.480 e. The summed E-state index contributed by atoms with van der Waals surface area (Å²) in [5, 5.41) is 12.4. The van der Waals surface area contributed by atoms with E-state index in [0.29, 0.717) is 18.4 Å². The summed E-state index contributed by atoms with van der Waals surface area (Å²) in [6.07, 6.45) is 8.76. The second kappa shape index (κ2) is 6.62. The fourth-order valence-electron chi connectivity index (χ4n) is 3.35. The predicted octanol–water partition coefficient (Wildman–Crippen LogP) is 0.778. The van der Waals surface area contributed by atoms with Gasteiger partial charge in [0.25, 0.3) is 15.9 Å². The molecule has 0 aromatic rings. The molecule has 2 heterocycles. The Kier molecular flexibility index (Phi) is 4.68. The Morgan fingerprint density at radius 2 is 1.84 bits per heavy atom. The standard InChI is InChI=1S/C16H21N3O5S/c20-14(17-16(15(21)22)7-3-1-2-4-8-16)12-5-6-13-18-25(23,24)10-9-19(13)11-12/h5-6,11H,1-4,7-10H2,(H,17,20)(H,21,22). The van der Waals surface area contributed by atoms with Crippen molar-refractivity contribution >= 4 is 27.7 Å². The molecule has 0 spiro atoms. The lowest BCUT2D eigenvalue weighted by molar-refractivity contribution is -0.147. The van der Waals surface area contributed by atoms with Crippen LogP contribution in [0.15, 0.2) is 28.3 Å². The minimum absolute atomic E-state index is 0.116. The summed E-state index contributed by atoms with van der Waals surface area (Å²) in [6.45, 7) is 0.215. The van der Waals surface area contributed by atoms with Gasteiger partial charge in [0, 0.05) is 12.7 Å². The molecule has 2 N–H and O–H groups in total. The molecule has 0 aromatic carbocycles. The summed E-state index contributed by atoms with van der Waals surface area (Å²) in [7, 11) is -3.45. The average molecular weight is 367 g/mol. The van der Waals surface area contributed by atoms with E-state index >= 15 is 0 Å². The minimum Gasteiger partial charge on any atom is -0.480 e. The van der Waals surface area contributed by atoms with Crippen LogP contribution in [0.2, 0.25) is 0 Å². The van der Waals surface area contributed by atoms with Crippen molar-refractivity contribution in [1.29, 1.82) is 0 Å². The first-order chi connectivity index (χ1) is 11.8. The molecule has 0 atom stereocenters. The number of fused-ring (bicyclic) bond motifs is 1. The Hall–Kier alpha value is -2.16. The van der Waals surface area contributed by atoms with Crippen molar-refractivity contribution in [3.05, 3.63) is 23.9 Å². The monoisotopic (exact) mass is 367 g/mol. The Morgan fingerprint density at radius 1 is 1.16 bits per heavy atom. The highest BCUT2D eigenvalue weighted by atomic mass is 32.2. The highest BCUT2D eigenvalue weighted by Gasteiger charge is 2.40. The lowest BCUT2D eigenvalue weighted by atomic mass is 9.89. The molecule has 0 aromatic heterocycles. The molecule has 8 nitrogen and oxygen atoms in total. The van der Waals surface area contributed by atoms with E-state index in [1.165, 1.54) is 18.4 Å². The number of amides is 1. The second-order valence-electron chi connectivity index (χ2n) is 6.60. The first kappa shape index (κ1) is 17.7. The SMILES string of the molecule is O=C(NC1(C(=O)O)CCCCCC1)C1=CN2CCS(=O)(=O)N=C2C=C1. The molecule has 1 saturated carbocycles. The summed E-state index contributed by atoms with van der Waals surface area (Å²) < 4.78 is 26.7. The summed E-state index contributed by atoms with van der Waals surface area (Å²) in [4.78, 5) is 26.0. The lowest BCUT2D eigenvalue weighted by Crippen LogP contribution is -2.54. The van der Waals surface area contributed by atoms with Gasteiger partial charge in [-0.15, -0.1) is 4.40 Å². The van der Waals surface area contributed by atoms with Crippen molar-refractivity contribution in [2.45, 2.75) is 44.1 Å². The van der Waals surface area contributed by atoms with Gasteiger partial charge in [-0.3, -0.25) is 4.79 Å². The molecule has 136 valence electrons. The number of hydrogen-bond acceptors (Lipinski definition) is 5. The third-order valence-electron chi connectivity index (χ3n) is 4.81. The topological polar surface area (TPSA) is 116 Å². The molecule has 1 fully saturated rings. The van der Waals surface area contributed by atoms with Crippen molar-refractivity contribution in [1.82, 2.24) is 10.2 Å². The molecule has 0 unspecified atom stereocenters. The van der Waals surface area contributed by atoms with Crippen LogP contribution in [0.25, 0.3) is 0 Å². The van der Waals surface area contributed by atoms with Crippen LogP contribution in [0.1, 0.15) is 38.5 Å². The fraction of sp³-hybridized carbons (Fsp3) is 0.562. The van der Waals surface area contributed by atoms with Gasteiger partial charge in [0.2, 0.25) is 0 Å². The van der Waals surface area contributed by atoms with E-state index in [0.717, 1.165) is 25.7 Å². The quantitative estimate of drug-likeness (QED) is 0.712. The fourth-order valence-corrected chi connectivity index (χ4v) is 4.32. The Labute approximate surface area is 146 Å². The maximum Gasteiger partial charge on any atom is 0.329 e. The second-order valence-corrected chi connectivity index (χ2v) is 8.36. The zero-order valence-corrected chi connectivity index (χ0v) is 14.6. The summed E-state index contributed by atoms with van der Waals surface area (Å²) in [5.74, 6) is -1.32. The molecule has 3 aliphatic rings. The van der Waals surface area contributed by atoms with Gasteiger partial charge in [-0.05, 0) is 25.0 Å². The average Bonchev–Trinajstić information content (AvgIpc) is 2.80. The number of carboxylic acids is 1. The molecule has 1 amide bonds. The van der Waals surface area contributed by atoms with E-state index in [1.54, 1.807) is 4.90 Å². The Bertz CT molecular complexity index is 774. The molecule has 9 heteroatoms. The predicted molar refractivity (Wildman–Crippen MR) is 91.4 cm³/mol. The van der Waals surface area contributed by atoms with E-state index in [-0.39, 0.29) is 18.1 Å². The van der Waals surface area contributed by atoms with Crippen molar-refractivity contribution in [3.8, 4) is 0 Å². The van der Waals surface area contributed by atoms with Gasteiger partial charge in [0.05, 0.1) is 11.3 Å². The van der Waals surface area contributed by atoms with Gasteiger partial charge in [0.15, 0.2) is 0 Å². The van der Waals surface area contributed by atoms with Crippen LogP contribution in [-0.4, -0.2) is 54.0 Å². The van der Waals surface area contributed by atoms with Gasteiger partial charge in [-0.25, -0.2) is 13.2 Å². The van der Waals surface area contributed by atoms with Gasteiger partial charge < -0.3 is 15.3 Å². The summed E-state index contributed by atoms with van der Waals surface area (Å²) >= 11 is 0. The van der Waals surface area contributed by atoms with Crippen LogP contribution in [0.5, 0.6) is 0 Å². The molecule has 3 rings (SSSR count). The number of nitrogens with zero attached hydrogens (tertiary/aromatic N) is 2. The summed E-state index contributed by atoms with van der Waals surface area (Å²) in [5.41, 5.74) is -0.940. The van der Waals surface area contributed by atoms with Gasteiger partial charge in [0.1, 0.15) is 11.4 Å². The number of hydrogen-bond donors (Lipinski definition) is 2. The third kappa shape index (κ3) is 3.76. The number of carboxylic acid groups (broad SMARTS) is 1. The number of aliphatic carboxylic acids is 1. The first-order valence-electron chi connectivity index (χ1n) is 8.36. The Morgan fingerprint density at radius 3 is 2.48 bits per heavy atom. The Balaban J connectivity index is 1.78. The third-order valence-corrected chi connectivity index (χ3v) is 5.97. The van der Waals surface area contributed by atoms with Crippen LogP contribution in [0.3, 0.4) is 0 Å². The molecular formula is C16H21N3O5S. The van der Waals surface area contributed by atoms with Crippen molar-refractivity contribution in [2.24, 2.45) is 4.40 Å². The smallest absolute Gasteiger partial charge is 0.329 e. The van der Waals surface area contributed by atoms with Crippen molar-refractivity contribution in [3.63, 3.8) is 0 Å². The number of amidine groups is 1. The first-order valence-corrected chi connectivity index (χ1v) is 9.97. The van der Waals surface area contributed by atoms with Crippen LogP contribution >= 0.6 is 0 Å². The van der Waals surface area contributed by atoms with Crippen molar-refractivity contribution < 1.29 is 23.1 Å². The molecule has 25 heavy (non-hydrogen) atoms. The van der Waals surface area contributed by atoms with E-state index in [1.807, 2.05) is 0 Å². The van der Waals surface area contributed by atoms with Crippen LogP contribution in [-0.2, 0) is 19.6 Å². The molecule has 0 saturated heterocycles. The number of carbonyl (C=O) groups excluding carboxylic acids is 1.